The van der Waals surface area contributed by atoms with Crippen LogP contribution in [0.5, 0.6) is 0 Å². The zero-order chi connectivity index (χ0) is 11.7. The van der Waals surface area contributed by atoms with Gasteiger partial charge >= 0.3 is 0 Å². The molecule has 3 nitrogen and oxygen atoms in total. The maximum atomic E-state index is 11.5. The van der Waals surface area contributed by atoms with E-state index in [2.05, 4.69) is 10.6 Å². The van der Waals surface area contributed by atoms with Crippen molar-refractivity contribution in [3.8, 4) is 0 Å². The molecule has 1 saturated heterocycles. The maximum Gasteiger partial charge on any atom is 0.273 e. The number of hydrogen-bond donors (Lipinski definition) is 2. The monoisotopic (exact) mass is 232 g/mol. The second-order valence-corrected chi connectivity index (χ2v) is 4.23. The van der Waals surface area contributed by atoms with Gasteiger partial charge in [0, 0.05) is 0 Å². The highest BCUT2D eigenvalue weighted by Crippen LogP contribution is 2.15. The molecule has 16 heavy (non-hydrogen) atoms. The third-order valence-corrected chi connectivity index (χ3v) is 2.66. The largest absolute Gasteiger partial charge is 0.328 e. The SMILES string of the molecule is Cc1ccc(C)c(/C=C2/NC(=S)NC2=O)c1. The van der Waals surface area contributed by atoms with Crippen LogP contribution < -0.4 is 10.6 Å². The summed E-state index contributed by atoms with van der Waals surface area (Å²) in [6.07, 6.45) is 1.82. The topological polar surface area (TPSA) is 41.1 Å². The molecule has 0 aromatic heterocycles. The van der Waals surface area contributed by atoms with Crippen LogP contribution in [0.4, 0.5) is 0 Å². The van der Waals surface area contributed by atoms with Gasteiger partial charge in [0.1, 0.15) is 5.70 Å². The fraction of sp³-hybridized carbons (Fsp3) is 0.167. The average Bonchev–Trinajstić information content (AvgIpc) is 2.51. The number of nitrogens with one attached hydrogen (secondary N) is 2. The van der Waals surface area contributed by atoms with E-state index in [-0.39, 0.29) is 5.91 Å². The summed E-state index contributed by atoms with van der Waals surface area (Å²) in [5.74, 6) is -0.175. The van der Waals surface area contributed by atoms with Crippen LogP contribution in [0.2, 0.25) is 0 Å². The summed E-state index contributed by atoms with van der Waals surface area (Å²) in [5, 5.41) is 5.73. The summed E-state index contributed by atoms with van der Waals surface area (Å²) in [7, 11) is 0. The van der Waals surface area contributed by atoms with Crippen LogP contribution in [-0.2, 0) is 4.79 Å². The van der Waals surface area contributed by atoms with E-state index in [1.165, 1.54) is 5.56 Å². The van der Waals surface area contributed by atoms with Crippen LogP contribution in [0.25, 0.3) is 6.08 Å². The summed E-state index contributed by atoms with van der Waals surface area (Å²) in [4.78, 5) is 11.5. The highest BCUT2D eigenvalue weighted by Gasteiger charge is 2.19. The van der Waals surface area contributed by atoms with E-state index in [0.717, 1.165) is 11.1 Å². The summed E-state index contributed by atoms with van der Waals surface area (Å²) < 4.78 is 0. The molecule has 1 aliphatic heterocycles. The molecule has 2 rings (SSSR count). The van der Waals surface area contributed by atoms with Crippen molar-refractivity contribution < 1.29 is 4.79 Å². The van der Waals surface area contributed by atoms with Crippen LogP contribution in [-0.4, -0.2) is 11.0 Å². The minimum absolute atomic E-state index is 0.175. The molecule has 2 N–H and O–H groups in total. The highest BCUT2D eigenvalue weighted by atomic mass is 32.1. The second-order valence-electron chi connectivity index (χ2n) is 3.83. The van der Waals surface area contributed by atoms with Crippen molar-refractivity contribution in [2.24, 2.45) is 0 Å². The Labute approximate surface area is 99.5 Å². The zero-order valence-corrected chi connectivity index (χ0v) is 9.94. The van der Waals surface area contributed by atoms with Gasteiger partial charge < -0.3 is 5.32 Å². The maximum absolute atomic E-state index is 11.5. The Hall–Kier alpha value is -1.68. The number of aryl methyl sites for hydroxylation is 2. The molecule has 82 valence electrons. The van der Waals surface area contributed by atoms with Gasteiger partial charge in [-0.2, -0.15) is 0 Å². The Bertz CT molecular complexity index is 506. The lowest BCUT2D eigenvalue weighted by Crippen LogP contribution is -2.21. The lowest BCUT2D eigenvalue weighted by molar-refractivity contribution is -0.115. The molecular weight excluding hydrogens is 220 g/mol. The third-order valence-electron chi connectivity index (χ3n) is 2.45. The Morgan fingerprint density at radius 2 is 2.00 bits per heavy atom. The lowest BCUT2D eigenvalue weighted by atomic mass is 10.0. The van der Waals surface area contributed by atoms with Gasteiger partial charge in [0.15, 0.2) is 5.11 Å². The van der Waals surface area contributed by atoms with Gasteiger partial charge in [-0.25, -0.2) is 0 Å². The second kappa shape index (κ2) is 4.06. The smallest absolute Gasteiger partial charge is 0.273 e. The number of amides is 1. The fourth-order valence-electron chi connectivity index (χ4n) is 1.55. The van der Waals surface area contributed by atoms with Crippen molar-refractivity contribution in [3.63, 3.8) is 0 Å². The average molecular weight is 232 g/mol. The molecule has 0 radical (unpaired) electrons. The Morgan fingerprint density at radius 1 is 1.25 bits per heavy atom. The van der Waals surface area contributed by atoms with Crippen molar-refractivity contribution in [2.75, 3.05) is 0 Å². The normalized spacial score (nSPS) is 17.5. The number of hydrogen-bond acceptors (Lipinski definition) is 2. The van der Waals surface area contributed by atoms with Gasteiger partial charge in [0.2, 0.25) is 0 Å². The molecule has 1 aromatic rings. The molecule has 1 fully saturated rings. The summed E-state index contributed by atoms with van der Waals surface area (Å²) in [6, 6.07) is 6.12. The van der Waals surface area contributed by atoms with Gasteiger partial charge in [-0.1, -0.05) is 23.8 Å². The molecule has 0 aliphatic carbocycles. The number of carbonyl (C=O) groups is 1. The van der Waals surface area contributed by atoms with Gasteiger partial charge in [-0.15, -0.1) is 0 Å². The molecule has 1 amide bonds. The molecule has 1 aliphatic rings. The van der Waals surface area contributed by atoms with Crippen LogP contribution in [0, 0.1) is 13.8 Å². The van der Waals surface area contributed by atoms with E-state index in [4.69, 9.17) is 12.2 Å². The van der Waals surface area contributed by atoms with Crippen molar-refractivity contribution >= 4 is 29.3 Å². The van der Waals surface area contributed by atoms with Crippen molar-refractivity contribution in [3.05, 3.63) is 40.6 Å². The van der Waals surface area contributed by atoms with E-state index in [1.807, 2.05) is 38.1 Å². The predicted octanol–water partition coefficient (Wildman–Crippen LogP) is 1.65. The Kier molecular flexibility index (Phi) is 2.75. The van der Waals surface area contributed by atoms with Gasteiger partial charge in [-0.05, 0) is 43.3 Å². The van der Waals surface area contributed by atoms with E-state index >= 15 is 0 Å². The van der Waals surface area contributed by atoms with Gasteiger partial charge in [0.25, 0.3) is 5.91 Å². The molecule has 0 bridgehead atoms. The van der Waals surface area contributed by atoms with E-state index in [9.17, 15) is 4.79 Å². The minimum atomic E-state index is -0.175. The van der Waals surface area contributed by atoms with Crippen LogP contribution in [0.15, 0.2) is 23.9 Å². The molecule has 1 aromatic carbocycles. The fourth-order valence-corrected chi connectivity index (χ4v) is 1.76. The molecule has 0 unspecified atom stereocenters. The van der Waals surface area contributed by atoms with Crippen molar-refractivity contribution in [2.45, 2.75) is 13.8 Å². The molecule has 1 heterocycles. The summed E-state index contributed by atoms with van der Waals surface area (Å²) >= 11 is 4.86. The lowest BCUT2D eigenvalue weighted by Gasteiger charge is -2.02. The van der Waals surface area contributed by atoms with Gasteiger partial charge in [-0.3, -0.25) is 10.1 Å². The van der Waals surface area contributed by atoms with E-state index in [1.54, 1.807) is 0 Å². The van der Waals surface area contributed by atoms with Gasteiger partial charge in [0.05, 0.1) is 0 Å². The Balaban J connectivity index is 2.39. The van der Waals surface area contributed by atoms with E-state index < -0.39 is 0 Å². The molecule has 4 heteroatoms. The quantitative estimate of drug-likeness (QED) is 0.571. The number of rotatable bonds is 1. The first-order valence-electron chi connectivity index (χ1n) is 4.97. The summed E-state index contributed by atoms with van der Waals surface area (Å²) in [6.45, 7) is 4.03. The van der Waals surface area contributed by atoms with Crippen molar-refractivity contribution in [1.29, 1.82) is 0 Å². The first-order chi connectivity index (χ1) is 7.56. The molecular formula is C12H12N2OS. The van der Waals surface area contributed by atoms with E-state index in [0.29, 0.717) is 10.8 Å². The van der Waals surface area contributed by atoms with Crippen LogP contribution in [0.3, 0.4) is 0 Å². The van der Waals surface area contributed by atoms with Crippen LogP contribution >= 0.6 is 12.2 Å². The summed E-state index contributed by atoms with van der Waals surface area (Å²) in [5.41, 5.74) is 3.82. The standard InChI is InChI=1S/C12H12N2OS/c1-7-3-4-8(2)9(5-7)6-10-11(15)14-12(16)13-10/h3-6H,1-2H3,(H2,13,14,15,16)/b10-6+. The third kappa shape index (κ3) is 2.12. The minimum Gasteiger partial charge on any atom is -0.328 e. The number of thiocarbonyl (C=S) groups is 1. The van der Waals surface area contributed by atoms with Crippen molar-refractivity contribution in [1.82, 2.24) is 10.6 Å². The number of carbonyl (C=O) groups excluding carboxylic acids is 1. The number of benzene rings is 1. The zero-order valence-electron chi connectivity index (χ0n) is 9.13. The molecule has 0 spiro atoms. The Morgan fingerprint density at radius 3 is 2.62 bits per heavy atom. The van der Waals surface area contributed by atoms with Crippen LogP contribution in [0.1, 0.15) is 16.7 Å². The predicted molar refractivity (Wildman–Crippen MR) is 67.8 cm³/mol. The highest BCUT2D eigenvalue weighted by molar-refractivity contribution is 7.80. The first-order valence-corrected chi connectivity index (χ1v) is 5.38. The molecule has 0 saturated carbocycles. The first kappa shape index (κ1) is 10.8. The molecule has 0 atom stereocenters.